The van der Waals surface area contributed by atoms with Crippen molar-refractivity contribution >= 4 is 17.8 Å². The molecule has 0 radical (unpaired) electrons. The quantitative estimate of drug-likeness (QED) is 0.617. The molecule has 0 saturated carbocycles. The van der Waals surface area contributed by atoms with Gasteiger partial charge in [-0.3, -0.25) is 15.1 Å². The van der Waals surface area contributed by atoms with E-state index in [4.69, 9.17) is 0 Å². The fourth-order valence-electron chi connectivity index (χ4n) is 1.71. The molecule has 0 saturated heterocycles. The van der Waals surface area contributed by atoms with E-state index in [1.54, 1.807) is 30.4 Å². The summed E-state index contributed by atoms with van der Waals surface area (Å²) in [5.41, 5.74) is 2.64. The second-order valence-corrected chi connectivity index (χ2v) is 4.09. The van der Waals surface area contributed by atoms with Crippen LogP contribution in [0, 0.1) is 10.1 Å². The number of para-hydroxylation sites is 1. The molecule has 0 unspecified atom stereocenters. The lowest BCUT2D eigenvalue weighted by Crippen LogP contribution is -1.90. The Labute approximate surface area is 111 Å². The molecule has 0 amide bonds. The van der Waals surface area contributed by atoms with Crippen molar-refractivity contribution in [2.24, 2.45) is 0 Å². The molecule has 0 fully saturated rings. The number of hydrogen-bond donors (Lipinski definition) is 0. The van der Waals surface area contributed by atoms with E-state index in [9.17, 15) is 10.1 Å². The molecule has 1 aromatic heterocycles. The third-order valence-corrected chi connectivity index (χ3v) is 2.82. The van der Waals surface area contributed by atoms with Gasteiger partial charge in [-0.05, 0) is 36.3 Å². The highest BCUT2D eigenvalue weighted by molar-refractivity contribution is 5.72. The van der Waals surface area contributed by atoms with E-state index in [0.717, 1.165) is 12.1 Å². The van der Waals surface area contributed by atoms with Crippen LogP contribution in [-0.2, 0) is 6.42 Å². The molecule has 4 nitrogen and oxygen atoms in total. The smallest absolute Gasteiger partial charge is 0.258 e. The zero-order chi connectivity index (χ0) is 13.7. The van der Waals surface area contributed by atoms with E-state index in [1.165, 1.54) is 11.6 Å². The number of rotatable bonds is 4. The van der Waals surface area contributed by atoms with E-state index < -0.39 is 0 Å². The maximum atomic E-state index is 10.9. The van der Waals surface area contributed by atoms with Crippen LogP contribution in [0.3, 0.4) is 0 Å². The van der Waals surface area contributed by atoms with Gasteiger partial charge in [-0.2, -0.15) is 0 Å². The van der Waals surface area contributed by atoms with Crippen molar-refractivity contribution in [1.82, 2.24) is 4.98 Å². The minimum absolute atomic E-state index is 0.101. The van der Waals surface area contributed by atoms with E-state index in [1.807, 2.05) is 18.3 Å². The summed E-state index contributed by atoms with van der Waals surface area (Å²) < 4.78 is 0. The fourth-order valence-corrected chi connectivity index (χ4v) is 1.71. The predicted octanol–water partition coefficient (Wildman–Crippen LogP) is 3.72. The first kappa shape index (κ1) is 13.0. The SMILES string of the molecule is CCc1ccc(C=Cc2ccccc2[N+](=O)[O-])nc1. The first-order valence-corrected chi connectivity index (χ1v) is 6.07. The van der Waals surface area contributed by atoms with E-state index in [0.29, 0.717) is 5.56 Å². The molecule has 0 bridgehead atoms. The molecule has 0 aliphatic rings. The van der Waals surface area contributed by atoms with Crippen LogP contribution >= 0.6 is 0 Å². The molecule has 0 spiro atoms. The van der Waals surface area contributed by atoms with Crippen molar-refractivity contribution in [2.45, 2.75) is 13.3 Å². The average molecular weight is 254 g/mol. The standard InChI is InChI=1S/C15H14N2O2/c1-2-12-7-9-14(16-11-12)10-8-13-5-3-4-6-15(13)17(18)19/h3-11H,2H2,1H3. The van der Waals surface area contributed by atoms with Gasteiger partial charge in [-0.1, -0.05) is 25.1 Å². The largest absolute Gasteiger partial charge is 0.276 e. The second kappa shape index (κ2) is 5.91. The first-order valence-electron chi connectivity index (χ1n) is 6.07. The van der Waals surface area contributed by atoms with Crippen molar-refractivity contribution < 1.29 is 4.92 Å². The van der Waals surface area contributed by atoms with Crippen molar-refractivity contribution in [3.63, 3.8) is 0 Å². The minimum Gasteiger partial charge on any atom is -0.258 e. The number of nitro groups is 1. The van der Waals surface area contributed by atoms with Gasteiger partial charge >= 0.3 is 0 Å². The summed E-state index contributed by atoms with van der Waals surface area (Å²) in [5, 5.41) is 10.9. The van der Waals surface area contributed by atoms with Crippen molar-refractivity contribution in [3.05, 3.63) is 69.5 Å². The maximum absolute atomic E-state index is 10.9. The molecule has 4 heteroatoms. The van der Waals surface area contributed by atoms with Gasteiger partial charge in [0.15, 0.2) is 0 Å². The molecule has 1 heterocycles. The highest BCUT2D eigenvalue weighted by Crippen LogP contribution is 2.19. The van der Waals surface area contributed by atoms with E-state index in [2.05, 4.69) is 11.9 Å². The van der Waals surface area contributed by atoms with Crippen molar-refractivity contribution in [2.75, 3.05) is 0 Å². The number of aryl methyl sites for hydroxylation is 1. The molecule has 19 heavy (non-hydrogen) atoms. The lowest BCUT2D eigenvalue weighted by molar-refractivity contribution is -0.385. The van der Waals surface area contributed by atoms with E-state index >= 15 is 0 Å². The Hall–Kier alpha value is -2.49. The van der Waals surface area contributed by atoms with Gasteiger partial charge in [0.25, 0.3) is 5.69 Å². The van der Waals surface area contributed by atoms with Crippen LogP contribution in [0.25, 0.3) is 12.2 Å². The highest BCUT2D eigenvalue weighted by atomic mass is 16.6. The summed E-state index contributed by atoms with van der Waals surface area (Å²) in [4.78, 5) is 14.8. The lowest BCUT2D eigenvalue weighted by Gasteiger charge is -1.98. The first-order chi connectivity index (χ1) is 9.20. The summed E-state index contributed by atoms with van der Waals surface area (Å²) >= 11 is 0. The van der Waals surface area contributed by atoms with Crippen LogP contribution in [0.2, 0.25) is 0 Å². The van der Waals surface area contributed by atoms with Gasteiger partial charge in [0.2, 0.25) is 0 Å². The normalized spacial score (nSPS) is 10.8. The highest BCUT2D eigenvalue weighted by Gasteiger charge is 2.08. The van der Waals surface area contributed by atoms with Gasteiger partial charge in [-0.15, -0.1) is 0 Å². The molecule has 0 N–H and O–H groups in total. The monoisotopic (exact) mass is 254 g/mol. The Kier molecular flexibility index (Phi) is 4.03. The van der Waals surface area contributed by atoms with Gasteiger partial charge in [-0.25, -0.2) is 0 Å². The predicted molar refractivity (Wildman–Crippen MR) is 75.6 cm³/mol. The molecule has 1 aromatic carbocycles. The van der Waals surface area contributed by atoms with Crippen molar-refractivity contribution in [1.29, 1.82) is 0 Å². The third kappa shape index (κ3) is 3.25. The van der Waals surface area contributed by atoms with Crippen LogP contribution in [0.15, 0.2) is 42.6 Å². The second-order valence-electron chi connectivity index (χ2n) is 4.09. The van der Waals surface area contributed by atoms with Gasteiger partial charge < -0.3 is 0 Å². The summed E-state index contributed by atoms with van der Waals surface area (Å²) in [6, 6.07) is 10.6. The maximum Gasteiger partial charge on any atom is 0.276 e. The number of nitro benzene ring substituents is 1. The molecule has 0 atom stereocenters. The summed E-state index contributed by atoms with van der Waals surface area (Å²) in [6.45, 7) is 2.07. The van der Waals surface area contributed by atoms with Crippen LogP contribution in [-0.4, -0.2) is 9.91 Å². The number of aromatic nitrogens is 1. The lowest BCUT2D eigenvalue weighted by atomic mass is 10.1. The number of pyridine rings is 1. The Morgan fingerprint density at radius 1 is 1.21 bits per heavy atom. The number of hydrogen-bond acceptors (Lipinski definition) is 3. The van der Waals surface area contributed by atoms with Gasteiger partial charge in [0, 0.05) is 12.3 Å². The Balaban J connectivity index is 2.24. The molecule has 0 aliphatic carbocycles. The van der Waals surface area contributed by atoms with Gasteiger partial charge in [0.05, 0.1) is 16.2 Å². The minimum atomic E-state index is -0.382. The zero-order valence-electron chi connectivity index (χ0n) is 10.6. The van der Waals surface area contributed by atoms with Crippen LogP contribution in [0.4, 0.5) is 5.69 Å². The number of nitrogens with zero attached hydrogens (tertiary/aromatic N) is 2. The Bertz CT molecular complexity index is 604. The van der Waals surface area contributed by atoms with Crippen molar-refractivity contribution in [3.8, 4) is 0 Å². The summed E-state index contributed by atoms with van der Waals surface area (Å²) in [6.07, 6.45) is 6.26. The molecule has 0 aliphatic heterocycles. The molecule has 96 valence electrons. The Morgan fingerprint density at radius 2 is 2.00 bits per heavy atom. The van der Waals surface area contributed by atoms with Gasteiger partial charge in [0.1, 0.15) is 0 Å². The Morgan fingerprint density at radius 3 is 2.63 bits per heavy atom. The molecular weight excluding hydrogens is 240 g/mol. The summed E-state index contributed by atoms with van der Waals surface area (Å²) in [7, 11) is 0. The molecular formula is C15H14N2O2. The van der Waals surface area contributed by atoms with Crippen LogP contribution in [0.1, 0.15) is 23.7 Å². The van der Waals surface area contributed by atoms with Crippen LogP contribution < -0.4 is 0 Å². The fraction of sp³-hybridized carbons (Fsp3) is 0.133. The molecule has 2 rings (SSSR count). The van der Waals surface area contributed by atoms with E-state index in [-0.39, 0.29) is 10.6 Å². The van der Waals surface area contributed by atoms with Crippen LogP contribution in [0.5, 0.6) is 0 Å². The average Bonchev–Trinajstić information content (AvgIpc) is 2.46. The zero-order valence-corrected chi connectivity index (χ0v) is 10.6. The number of benzene rings is 1. The third-order valence-electron chi connectivity index (χ3n) is 2.82. The summed E-state index contributed by atoms with van der Waals surface area (Å²) in [5.74, 6) is 0. The molecule has 2 aromatic rings. The topological polar surface area (TPSA) is 56.0 Å².